The van der Waals surface area contributed by atoms with Crippen LogP contribution in [0.5, 0.6) is 0 Å². The van der Waals surface area contributed by atoms with Crippen LogP contribution in [0.2, 0.25) is 0 Å². The Morgan fingerprint density at radius 1 is 1.50 bits per heavy atom. The van der Waals surface area contributed by atoms with E-state index in [9.17, 15) is 0 Å². The number of aliphatic hydroxyl groups is 1. The van der Waals surface area contributed by atoms with Crippen molar-refractivity contribution in [3.05, 3.63) is 11.8 Å². The highest BCUT2D eigenvalue weighted by Gasteiger charge is 2.04. The van der Waals surface area contributed by atoms with E-state index in [1.54, 1.807) is 0 Å². The van der Waals surface area contributed by atoms with Gasteiger partial charge in [0.15, 0.2) is 0 Å². The van der Waals surface area contributed by atoms with Crippen molar-refractivity contribution in [2.45, 2.75) is 20.3 Å². The average Bonchev–Trinajstić information content (AvgIpc) is 1.91. The molecular formula is C8H17NO. The van der Waals surface area contributed by atoms with Crippen molar-refractivity contribution in [2.24, 2.45) is 0 Å². The minimum absolute atomic E-state index is 0.513. The molecule has 1 aliphatic rings. The molecule has 60 valence electrons. The SMILES string of the molecule is CC.CN1CCC=C(O)C1. The van der Waals surface area contributed by atoms with Gasteiger partial charge in [0.25, 0.3) is 0 Å². The summed E-state index contributed by atoms with van der Waals surface area (Å²) < 4.78 is 0. The number of aliphatic hydroxyl groups excluding tert-OH is 1. The Morgan fingerprint density at radius 3 is 2.40 bits per heavy atom. The van der Waals surface area contributed by atoms with Crippen LogP contribution in [0.1, 0.15) is 20.3 Å². The van der Waals surface area contributed by atoms with Crippen LogP contribution >= 0.6 is 0 Å². The Balaban J connectivity index is 0.000000371. The Hall–Kier alpha value is -0.500. The molecule has 10 heavy (non-hydrogen) atoms. The van der Waals surface area contributed by atoms with Crippen LogP contribution in [0.25, 0.3) is 0 Å². The lowest BCUT2D eigenvalue weighted by atomic mass is 10.2. The molecule has 0 amide bonds. The van der Waals surface area contributed by atoms with Gasteiger partial charge in [-0.3, -0.25) is 4.90 Å². The molecule has 0 aliphatic carbocycles. The molecule has 0 aromatic rings. The third-order valence-corrected chi connectivity index (χ3v) is 1.32. The zero-order valence-corrected chi connectivity index (χ0v) is 7.09. The van der Waals surface area contributed by atoms with Crippen molar-refractivity contribution in [3.8, 4) is 0 Å². The van der Waals surface area contributed by atoms with Crippen molar-refractivity contribution in [1.82, 2.24) is 4.90 Å². The van der Waals surface area contributed by atoms with Crippen LogP contribution in [-0.4, -0.2) is 30.1 Å². The summed E-state index contributed by atoms with van der Waals surface area (Å²) in [6.07, 6.45) is 2.86. The predicted molar refractivity (Wildman–Crippen MR) is 44.2 cm³/mol. The molecule has 1 aliphatic heterocycles. The summed E-state index contributed by atoms with van der Waals surface area (Å²) in [4.78, 5) is 2.09. The zero-order chi connectivity index (χ0) is 7.98. The first-order valence-corrected chi connectivity index (χ1v) is 3.85. The largest absolute Gasteiger partial charge is 0.511 e. The van der Waals surface area contributed by atoms with Gasteiger partial charge in [-0.15, -0.1) is 0 Å². The lowest BCUT2D eigenvalue weighted by Crippen LogP contribution is -2.25. The van der Waals surface area contributed by atoms with E-state index in [0.717, 1.165) is 19.5 Å². The Bertz CT molecular complexity index is 110. The zero-order valence-electron chi connectivity index (χ0n) is 7.09. The van der Waals surface area contributed by atoms with E-state index in [0.29, 0.717) is 5.76 Å². The third kappa shape index (κ3) is 3.51. The van der Waals surface area contributed by atoms with Gasteiger partial charge < -0.3 is 5.11 Å². The number of hydrogen-bond acceptors (Lipinski definition) is 2. The summed E-state index contributed by atoms with van der Waals surface area (Å²) in [6.45, 7) is 5.80. The first-order valence-electron chi connectivity index (χ1n) is 3.85. The number of rotatable bonds is 0. The number of hydrogen-bond donors (Lipinski definition) is 1. The molecule has 2 heteroatoms. The van der Waals surface area contributed by atoms with Gasteiger partial charge in [-0.05, 0) is 19.5 Å². The van der Waals surface area contributed by atoms with E-state index in [1.807, 2.05) is 27.0 Å². The molecule has 0 aromatic heterocycles. The summed E-state index contributed by atoms with van der Waals surface area (Å²) in [5.74, 6) is 0.513. The smallest absolute Gasteiger partial charge is 0.102 e. The van der Waals surface area contributed by atoms with E-state index in [1.165, 1.54) is 0 Å². The minimum atomic E-state index is 0.513. The van der Waals surface area contributed by atoms with Crippen LogP contribution in [0.3, 0.4) is 0 Å². The molecule has 0 saturated carbocycles. The van der Waals surface area contributed by atoms with Gasteiger partial charge in [-0.25, -0.2) is 0 Å². The van der Waals surface area contributed by atoms with Crippen molar-refractivity contribution in [2.75, 3.05) is 20.1 Å². The van der Waals surface area contributed by atoms with Crippen LogP contribution in [0.15, 0.2) is 11.8 Å². The second-order valence-electron chi connectivity index (χ2n) is 2.22. The maximum absolute atomic E-state index is 8.90. The lowest BCUT2D eigenvalue weighted by molar-refractivity contribution is 0.272. The van der Waals surface area contributed by atoms with Gasteiger partial charge in [-0.1, -0.05) is 13.8 Å². The van der Waals surface area contributed by atoms with Gasteiger partial charge in [0.2, 0.25) is 0 Å². The van der Waals surface area contributed by atoms with E-state index in [2.05, 4.69) is 4.90 Å². The van der Waals surface area contributed by atoms with Crippen molar-refractivity contribution in [3.63, 3.8) is 0 Å². The molecule has 0 radical (unpaired) electrons. The summed E-state index contributed by atoms with van der Waals surface area (Å²) in [7, 11) is 2.00. The topological polar surface area (TPSA) is 23.5 Å². The van der Waals surface area contributed by atoms with Gasteiger partial charge in [0, 0.05) is 6.54 Å². The van der Waals surface area contributed by atoms with Gasteiger partial charge in [0.1, 0.15) is 5.76 Å². The van der Waals surface area contributed by atoms with Crippen molar-refractivity contribution in [1.29, 1.82) is 0 Å². The minimum Gasteiger partial charge on any atom is -0.511 e. The van der Waals surface area contributed by atoms with Crippen LogP contribution in [0.4, 0.5) is 0 Å². The van der Waals surface area contributed by atoms with E-state index < -0.39 is 0 Å². The summed E-state index contributed by atoms with van der Waals surface area (Å²) in [5, 5.41) is 8.90. The maximum Gasteiger partial charge on any atom is 0.102 e. The Morgan fingerprint density at radius 2 is 2.10 bits per heavy atom. The monoisotopic (exact) mass is 143 g/mol. The van der Waals surface area contributed by atoms with Crippen molar-refractivity contribution >= 4 is 0 Å². The average molecular weight is 143 g/mol. The van der Waals surface area contributed by atoms with E-state index >= 15 is 0 Å². The third-order valence-electron chi connectivity index (χ3n) is 1.32. The molecule has 1 heterocycles. The maximum atomic E-state index is 8.90. The fourth-order valence-corrected chi connectivity index (χ4v) is 0.872. The van der Waals surface area contributed by atoms with Crippen LogP contribution < -0.4 is 0 Å². The number of nitrogens with zero attached hydrogens (tertiary/aromatic N) is 1. The lowest BCUT2D eigenvalue weighted by Gasteiger charge is -2.18. The predicted octanol–water partition coefficient (Wildman–Crippen LogP) is 1.79. The van der Waals surface area contributed by atoms with Crippen LogP contribution in [0, 0.1) is 0 Å². The fourth-order valence-electron chi connectivity index (χ4n) is 0.872. The molecule has 0 fully saturated rings. The van der Waals surface area contributed by atoms with Crippen LogP contribution in [-0.2, 0) is 0 Å². The van der Waals surface area contributed by atoms with Gasteiger partial charge in [0.05, 0.1) is 6.54 Å². The molecule has 0 bridgehead atoms. The fraction of sp³-hybridized carbons (Fsp3) is 0.750. The van der Waals surface area contributed by atoms with E-state index in [4.69, 9.17) is 5.11 Å². The second kappa shape index (κ2) is 5.30. The molecular weight excluding hydrogens is 126 g/mol. The van der Waals surface area contributed by atoms with Gasteiger partial charge in [-0.2, -0.15) is 0 Å². The van der Waals surface area contributed by atoms with E-state index in [-0.39, 0.29) is 0 Å². The normalized spacial score (nSPS) is 18.9. The molecule has 2 nitrogen and oxygen atoms in total. The molecule has 0 atom stereocenters. The second-order valence-corrected chi connectivity index (χ2v) is 2.22. The molecule has 0 spiro atoms. The molecule has 0 aromatic carbocycles. The number of likely N-dealkylation sites (N-methyl/N-ethyl adjacent to an activating group) is 1. The summed E-state index contributed by atoms with van der Waals surface area (Å²) in [5.41, 5.74) is 0. The van der Waals surface area contributed by atoms with Gasteiger partial charge >= 0.3 is 0 Å². The summed E-state index contributed by atoms with van der Waals surface area (Å²) >= 11 is 0. The molecule has 1 rings (SSSR count). The summed E-state index contributed by atoms with van der Waals surface area (Å²) in [6, 6.07) is 0. The highest BCUT2D eigenvalue weighted by atomic mass is 16.3. The Kier molecular flexibility index (Phi) is 5.03. The highest BCUT2D eigenvalue weighted by molar-refractivity contribution is 4.97. The molecule has 0 saturated heterocycles. The molecule has 1 N–H and O–H groups in total. The first-order chi connectivity index (χ1) is 4.79. The first kappa shape index (κ1) is 9.50. The standard InChI is InChI=1S/C6H11NO.C2H6/c1-7-4-2-3-6(8)5-7;1-2/h3,8H,2,4-5H2,1H3;1-2H3. The van der Waals surface area contributed by atoms with Crippen molar-refractivity contribution < 1.29 is 5.11 Å². The molecule has 0 unspecified atom stereocenters. The highest BCUT2D eigenvalue weighted by Crippen LogP contribution is 2.02. The Labute approximate surface area is 63.2 Å². The quantitative estimate of drug-likeness (QED) is 0.559.